The molecule has 0 saturated carbocycles. The molecule has 4 rings (SSSR count). The standard InChI is InChI=1S/C26H31BrO6/c1-3-4-5-6-15-30-20-13-11-18(12-14-20)17-7-9-19(10-8-17)25(28)33-22-21(16-27)31-26(29-2)24-23(22)32-24/h7-14,21-24,26H,3-6,15-16H2,1-2H3/t21-,22-,23-,24-,26+/m1/s1. The monoisotopic (exact) mass is 518 g/mol. The molecule has 178 valence electrons. The van der Waals surface area contributed by atoms with Gasteiger partial charge in [-0.2, -0.15) is 0 Å². The van der Waals surface area contributed by atoms with E-state index in [1.165, 1.54) is 19.3 Å². The Labute approximate surface area is 203 Å². The zero-order chi connectivity index (χ0) is 23.2. The van der Waals surface area contributed by atoms with Gasteiger partial charge in [0.05, 0.1) is 12.2 Å². The minimum absolute atomic E-state index is 0.186. The summed E-state index contributed by atoms with van der Waals surface area (Å²) in [5, 5.41) is 0.523. The predicted octanol–water partition coefficient (Wildman–Crippen LogP) is 5.37. The first-order chi connectivity index (χ1) is 16.1. The normalized spacial score (nSPS) is 25.8. The molecule has 2 fully saturated rings. The lowest BCUT2D eigenvalue weighted by atomic mass is 10.0. The van der Waals surface area contributed by atoms with Crippen molar-refractivity contribution < 1.29 is 28.5 Å². The van der Waals surface area contributed by atoms with E-state index < -0.39 is 18.4 Å². The Morgan fingerprint density at radius 2 is 1.64 bits per heavy atom. The number of methoxy groups -OCH3 is 1. The highest BCUT2D eigenvalue weighted by Crippen LogP contribution is 2.40. The van der Waals surface area contributed by atoms with Crippen LogP contribution in [0.2, 0.25) is 0 Å². The number of carbonyl (C=O) groups excluding carboxylic acids is 1. The summed E-state index contributed by atoms with van der Waals surface area (Å²) < 4.78 is 28.3. The number of esters is 1. The van der Waals surface area contributed by atoms with Crippen LogP contribution in [0.4, 0.5) is 0 Å². The number of unbranched alkanes of at least 4 members (excludes halogenated alkanes) is 3. The third-order valence-corrected chi connectivity index (χ3v) is 6.67. The van der Waals surface area contributed by atoms with Crippen LogP contribution in [0.25, 0.3) is 11.1 Å². The quantitative estimate of drug-likeness (QED) is 0.172. The molecule has 2 heterocycles. The second-order valence-electron chi connectivity index (χ2n) is 8.38. The molecule has 0 spiro atoms. The largest absolute Gasteiger partial charge is 0.494 e. The van der Waals surface area contributed by atoms with E-state index in [0.717, 1.165) is 29.9 Å². The van der Waals surface area contributed by atoms with E-state index in [9.17, 15) is 4.79 Å². The smallest absolute Gasteiger partial charge is 0.338 e. The molecule has 0 aromatic heterocycles. The number of fused-ring (bicyclic) bond motifs is 1. The number of benzene rings is 2. The number of hydrogen-bond acceptors (Lipinski definition) is 6. The number of halogens is 1. The summed E-state index contributed by atoms with van der Waals surface area (Å²) in [6, 6.07) is 15.5. The summed E-state index contributed by atoms with van der Waals surface area (Å²) in [5.74, 6) is 0.487. The lowest BCUT2D eigenvalue weighted by molar-refractivity contribution is -0.192. The second kappa shape index (κ2) is 11.5. The van der Waals surface area contributed by atoms with Crippen LogP contribution < -0.4 is 4.74 Å². The first kappa shape index (κ1) is 24.2. The maximum atomic E-state index is 12.8. The molecule has 0 amide bonds. The molecule has 0 aliphatic carbocycles. The van der Waals surface area contributed by atoms with E-state index in [2.05, 4.69) is 22.9 Å². The third-order valence-electron chi connectivity index (χ3n) is 6.03. The number of ether oxygens (including phenoxy) is 5. The first-order valence-corrected chi connectivity index (χ1v) is 12.7. The van der Waals surface area contributed by atoms with Gasteiger partial charge in [-0.3, -0.25) is 0 Å². The van der Waals surface area contributed by atoms with Gasteiger partial charge in [-0.1, -0.05) is 66.4 Å². The van der Waals surface area contributed by atoms with Gasteiger partial charge in [0.15, 0.2) is 12.4 Å². The minimum atomic E-state index is -0.470. The fourth-order valence-corrected chi connectivity index (χ4v) is 4.59. The molecule has 33 heavy (non-hydrogen) atoms. The SMILES string of the molecule is CCCCCCOc1ccc(-c2ccc(C(=O)O[C@H]3[C@H]4O[C@H]4[C@@H](OC)O[C@@H]3CBr)cc2)cc1. The lowest BCUT2D eigenvalue weighted by Crippen LogP contribution is -2.48. The van der Waals surface area contributed by atoms with E-state index >= 15 is 0 Å². The molecule has 2 aromatic rings. The Kier molecular flexibility index (Phi) is 8.41. The summed E-state index contributed by atoms with van der Waals surface area (Å²) in [7, 11) is 1.58. The summed E-state index contributed by atoms with van der Waals surface area (Å²) in [4.78, 5) is 12.8. The number of alkyl halides is 1. The Bertz CT molecular complexity index is 900. The summed E-state index contributed by atoms with van der Waals surface area (Å²) in [6.07, 6.45) is 3.16. The van der Waals surface area contributed by atoms with Crippen molar-refractivity contribution in [3.63, 3.8) is 0 Å². The van der Waals surface area contributed by atoms with Crippen molar-refractivity contribution in [2.75, 3.05) is 19.0 Å². The highest BCUT2D eigenvalue weighted by atomic mass is 79.9. The highest BCUT2D eigenvalue weighted by molar-refractivity contribution is 9.09. The molecule has 0 bridgehead atoms. The molecule has 2 saturated heterocycles. The van der Waals surface area contributed by atoms with Crippen molar-refractivity contribution in [1.82, 2.24) is 0 Å². The lowest BCUT2D eigenvalue weighted by Gasteiger charge is -2.31. The van der Waals surface area contributed by atoms with Crippen LogP contribution in [-0.4, -0.2) is 55.7 Å². The van der Waals surface area contributed by atoms with Crippen molar-refractivity contribution in [3.8, 4) is 16.9 Å². The van der Waals surface area contributed by atoms with Crippen molar-refractivity contribution >= 4 is 21.9 Å². The summed E-state index contributed by atoms with van der Waals surface area (Å²) >= 11 is 3.43. The molecule has 2 aromatic carbocycles. The number of rotatable bonds is 11. The fraction of sp³-hybridized carbons (Fsp3) is 0.500. The average molecular weight is 519 g/mol. The maximum absolute atomic E-state index is 12.8. The molecule has 5 atom stereocenters. The van der Waals surface area contributed by atoms with Gasteiger partial charge < -0.3 is 23.7 Å². The van der Waals surface area contributed by atoms with E-state index in [1.54, 1.807) is 19.2 Å². The average Bonchev–Trinajstić information content (AvgIpc) is 3.66. The van der Waals surface area contributed by atoms with Crippen LogP contribution in [0, 0.1) is 0 Å². The molecular formula is C26H31BrO6. The van der Waals surface area contributed by atoms with E-state index in [-0.39, 0.29) is 18.3 Å². The summed E-state index contributed by atoms with van der Waals surface area (Å²) in [5.41, 5.74) is 2.58. The van der Waals surface area contributed by atoms with Crippen molar-refractivity contribution in [2.45, 2.75) is 63.3 Å². The molecule has 2 aliphatic rings. The van der Waals surface area contributed by atoms with Crippen molar-refractivity contribution in [2.24, 2.45) is 0 Å². The van der Waals surface area contributed by atoms with Crippen molar-refractivity contribution in [1.29, 1.82) is 0 Å². The van der Waals surface area contributed by atoms with Gasteiger partial charge >= 0.3 is 5.97 Å². The van der Waals surface area contributed by atoms with Gasteiger partial charge in [-0.25, -0.2) is 4.79 Å². The Morgan fingerprint density at radius 3 is 2.27 bits per heavy atom. The van der Waals surface area contributed by atoms with Crippen LogP contribution in [0.5, 0.6) is 5.75 Å². The molecular weight excluding hydrogens is 488 g/mol. The molecule has 6 nitrogen and oxygen atoms in total. The molecule has 7 heteroatoms. The topological polar surface area (TPSA) is 66.5 Å². The number of epoxide rings is 1. The molecule has 0 radical (unpaired) electrons. The zero-order valence-electron chi connectivity index (χ0n) is 19.1. The number of carbonyl (C=O) groups is 1. The van der Waals surface area contributed by atoms with Crippen LogP contribution >= 0.6 is 15.9 Å². The van der Waals surface area contributed by atoms with E-state index in [0.29, 0.717) is 10.9 Å². The van der Waals surface area contributed by atoms with Gasteiger partial charge in [-0.05, 0) is 41.8 Å². The minimum Gasteiger partial charge on any atom is -0.494 e. The molecule has 2 aliphatic heterocycles. The number of hydrogen-bond donors (Lipinski definition) is 0. The highest BCUT2D eigenvalue weighted by Gasteiger charge is 2.59. The Hall–Kier alpha value is -1.93. The molecule has 0 N–H and O–H groups in total. The summed E-state index contributed by atoms with van der Waals surface area (Å²) in [6.45, 7) is 2.95. The second-order valence-corrected chi connectivity index (χ2v) is 9.03. The van der Waals surface area contributed by atoms with Gasteiger partial charge in [-0.15, -0.1) is 0 Å². The van der Waals surface area contributed by atoms with E-state index in [4.69, 9.17) is 23.7 Å². The van der Waals surface area contributed by atoms with E-state index in [1.807, 2.05) is 36.4 Å². The van der Waals surface area contributed by atoms with Gasteiger partial charge in [0.2, 0.25) is 0 Å². The fourth-order valence-electron chi connectivity index (χ4n) is 4.07. The Morgan fingerprint density at radius 1 is 0.939 bits per heavy atom. The Balaban J connectivity index is 1.32. The maximum Gasteiger partial charge on any atom is 0.338 e. The van der Waals surface area contributed by atoms with Crippen LogP contribution in [0.3, 0.4) is 0 Å². The van der Waals surface area contributed by atoms with Crippen molar-refractivity contribution in [3.05, 3.63) is 54.1 Å². The predicted molar refractivity (Wildman–Crippen MR) is 129 cm³/mol. The zero-order valence-corrected chi connectivity index (χ0v) is 20.7. The van der Waals surface area contributed by atoms with Crippen LogP contribution in [-0.2, 0) is 18.9 Å². The van der Waals surface area contributed by atoms with Gasteiger partial charge in [0.1, 0.15) is 24.1 Å². The first-order valence-electron chi connectivity index (χ1n) is 11.6. The molecule has 0 unspecified atom stereocenters. The van der Waals surface area contributed by atoms with Crippen LogP contribution in [0.1, 0.15) is 43.0 Å². The van der Waals surface area contributed by atoms with Gasteiger partial charge in [0.25, 0.3) is 0 Å². The van der Waals surface area contributed by atoms with Gasteiger partial charge in [0, 0.05) is 12.4 Å². The third kappa shape index (κ3) is 5.96. The van der Waals surface area contributed by atoms with Crippen LogP contribution in [0.15, 0.2) is 48.5 Å².